The van der Waals surface area contributed by atoms with Gasteiger partial charge in [0, 0.05) is 10.0 Å². The molecular weight excluding hydrogens is 254 g/mol. The zero-order chi connectivity index (χ0) is 10.9. The van der Waals surface area contributed by atoms with E-state index in [9.17, 15) is 8.78 Å². The molecule has 0 amide bonds. The molecule has 0 unspecified atom stereocenters. The Kier molecular flexibility index (Phi) is 3.27. The summed E-state index contributed by atoms with van der Waals surface area (Å²) in [6.07, 6.45) is 0. The third kappa shape index (κ3) is 2.12. The summed E-state index contributed by atoms with van der Waals surface area (Å²) >= 11 is 3.29. The van der Waals surface area contributed by atoms with Gasteiger partial charge in [-0.2, -0.15) is 8.78 Å². The minimum absolute atomic E-state index is 0.141. The van der Waals surface area contributed by atoms with Gasteiger partial charge < -0.3 is 5.11 Å². The highest BCUT2D eigenvalue weighted by Gasteiger charge is 2.31. The Morgan fingerprint density at radius 2 is 1.71 bits per heavy atom. The highest BCUT2D eigenvalue weighted by Crippen LogP contribution is 2.32. The highest BCUT2D eigenvalue weighted by atomic mass is 79.9. The van der Waals surface area contributed by atoms with Crippen LogP contribution in [0.2, 0.25) is 0 Å². The average Bonchev–Trinajstić information content (AvgIpc) is 2.13. The first-order chi connectivity index (χ1) is 6.38. The zero-order valence-electron chi connectivity index (χ0n) is 7.94. The fourth-order valence-corrected chi connectivity index (χ4v) is 1.48. The summed E-state index contributed by atoms with van der Waals surface area (Å²) in [7, 11) is 0. The Balaban J connectivity index is 3.26. The highest BCUT2D eigenvalue weighted by molar-refractivity contribution is 9.10. The van der Waals surface area contributed by atoms with Crippen LogP contribution in [0.3, 0.4) is 0 Å². The Labute approximate surface area is 89.9 Å². The number of aryl methyl sites for hydroxylation is 2. The van der Waals surface area contributed by atoms with Crippen molar-refractivity contribution in [1.82, 2.24) is 0 Å². The lowest BCUT2D eigenvalue weighted by molar-refractivity contribution is -0.0557. The third-order valence-corrected chi connectivity index (χ3v) is 3.31. The van der Waals surface area contributed by atoms with Gasteiger partial charge in [-0.1, -0.05) is 15.9 Å². The van der Waals surface area contributed by atoms with Gasteiger partial charge in [0.1, 0.15) is 6.61 Å². The molecule has 1 aromatic rings. The van der Waals surface area contributed by atoms with Gasteiger partial charge in [-0.25, -0.2) is 0 Å². The summed E-state index contributed by atoms with van der Waals surface area (Å²) in [6.45, 7) is 2.33. The number of aliphatic hydroxyl groups is 1. The number of rotatable bonds is 2. The molecule has 0 saturated carbocycles. The summed E-state index contributed by atoms with van der Waals surface area (Å²) in [5.41, 5.74) is 1.35. The molecule has 0 bridgehead atoms. The van der Waals surface area contributed by atoms with Crippen LogP contribution in [0.25, 0.3) is 0 Å². The standard InChI is InChI=1S/C10H11BrF2O/c1-6-3-8(10(12,13)5-14)4-7(2)9(6)11/h3-4,14H,5H2,1-2H3. The van der Waals surface area contributed by atoms with Gasteiger partial charge in [0.2, 0.25) is 0 Å². The minimum atomic E-state index is -3.16. The van der Waals surface area contributed by atoms with E-state index in [0.717, 1.165) is 15.6 Å². The van der Waals surface area contributed by atoms with E-state index in [1.165, 1.54) is 12.1 Å². The number of benzene rings is 1. The molecule has 0 fully saturated rings. The van der Waals surface area contributed by atoms with Gasteiger partial charge in [-0.15, -0.1) is 0 Å². The van der Waals surface area contributed by atoms with E-state index in [2.05, 4.69) is 15.9 Å². The first-order valence-corrected chi connectivity index (χ1v) is 4.93. The van der Waals surface area contributed by atoms with E-state index < -0.39 is 12.5 Å². The van der Waals surface area contributed by atoms with Crippen molar-refractivity contribution in [3.8, 4) is 0 Å². The Morgan fingerprint density at radius 3 is 2.07 bits per heavy atom. The molecular formula is C10H11BrF2O. The van der Waals surface area contributed by atoms with Crippen LogP contribution < -0.4 is 0 Å². The molecule has 0 aliphatic rings. The lowest BCUT2D eigenvalue weighted by Gasteiger charge is -2.16. The van der Waals surface area contributed by atoms with Crippen molar-refractivity contribution in [3.05, 3.63) is 33.3 Å². The molecule has 1 N–H and O–H groups in total. The van der Waals surface area contributed by atoms with E-state index >= 15 is 0 Å². The summed E-state index contributed by atoms with van der Waals surface area (Å²) < 4.78 is 27.1. The van der Waals surface area contributed by atoms with Crippen molar-refractivity contribution in [2.75, 3.05) is 6.61 Å². The van der Waals surface area contributed by atoms with E-state index in [1.54, 1.807) is 13.8 Å². The summed E-state index contributed by atoms with van der Waals surface area (Å²) in [6, 6.07) is 2.76. The Hall–Kier alpha value is -0.480. The summed E-state index contributed by atoms with van der Waals surface area (Å²) in [5, 5.41) is 8.54. The predicted molar refractivity (Wildman–Crippen MR) is 54.6 cm³/mol. The Morgan fingerprint density at radius 1 is 1.29 bits per heavy atom. The van der Waals surface area contributed by atoms with Crippen LogP contribution in [-0.4, -0.2) is 11.7 Å². The maximum atomic E-state index is 13.1. The predicted octanol–water partition coefficient (Wildman–Crippen LogP) is 3.15. The van der Waals surface area contributed by atoms with Gasteiger partial charge in [-0.3, -0.25) is 0 Å². The van der Waals surface area contributed by atoms with E-state index in [1.807, 2.05) is 0 Å². The van der Waals surface area contributed by atoms with Crippen molar-refractivity contribution in [3.63, 3.8) is 0 Å². The lowest BCUT2D eigenvalue weighted by Crippen LogP contribution is -2.18. The number of aliphatic hydroxyl groups excluding tert-OH is 1. The molecule has 0 atom stereocenters. The first-order valence-electron chi connectivity index (χ1n) is 4.14. The quantitative estimate of drug-likeness (QED) is 0.870. The molecule has 0 saturated heterocycles. The van der Waals surface area contributed by atoms with Crippen molar-refractivity contribution in [2.24, 2.45) is 0 Å². The zero-order valence-corrected chi connectivity index (χ0v) is 9.53. The van der Waals surface area contributed by atoms with Crippen molar-refractivity contribution in [2.45, 2.75) is 19.8 Å². The molecule has 0 heterocycles. The smallest absolute Gasteiger partial charge is 0.295 e. The van der Waals surface area contributed by atoms with Crippen LogP contribution in [0.4, 0.5) is 8.78 Å². The number of hydrogen-bond acceptors (Lipinski definition) is 1. The van der Waals surface area contributed by atoms with Crippen LogP contribution in [0.1, 0.15) is 16.7 Å². The molecule has 0 aliphatic heterocycles. The van der Waals surface area contributed by atoms with Gasteiger partial charge >= 0.3 is 0 Å². The minimum Gasteiger partial charge on any atom is -0.390 e. The maximum absolute atomic E-state index is 13.1. The van der Waals surface area contributed by atoms with E-state index in [-0.39, 0.29) is 5.56 Å². The molecule has 1 nitrogen and oxygen atoms in total. The molecule has 0 aliphatic carbocycles. The Bertz CT molecular complexity index is 327. The molecule has 1 rings (SSSR count). The summed E-state index contributed by atoms with van der Waals surface area (Å²) in [4.78, 5) is 0. The van der Waals surface area contributed by atoms with Gasteiger partial charge in [0.05, 0.1) is 0 Å². The molecule has 1 aromatic carbocycles. The second kappa shape index (κ2) is 3.95. The molecule has 14 heavy (non-hydrogen) atoms. The molecule has 78 valence electrons. The number of halogens is 3. The molecule has 0 spiro atoms. The van der Waals surface area contributed by atoms with Gasteiger partial charge in [0.15, 0.2) is 0 Å². The average molecular weight is 265 g/mol. The van der Waals surface area contributed by atoms with Crippen LogP contribution in [0.15, 0.2) is 16.6 Å². The fourth-order valence-electron chi connectivity index (χ4n) is 1.25. The molecule has 0 aromatic heterocycles. The van der Waals surface area contributed by atoms with Crippen LogP contribution >= 0.6 is 15.9 Å². The van der Waals surface area contributed by atoms with Crippen LogP contribution in [0, 0.1) is 13.8 Å². The van der Waals surface area contributed by atoms with Crippen molar-refractivity contribution >= 4 is 15.9 Å². The monoisotopic (exact) mass is 264 g/mol. The SMILES string of the molecule is Cc1cc(C(F)(F)CO)cc(C)c1Br. The molecule has 0 radical (unpaired) electrons. The first kappa shape index (κ1) is 11.6. The van der Waals surface area contributed by atoms with Crippen molar-refractivity contribution < 1.29 is 13.9 Å². The van der Waals surface area contributed by atoms with E-state index in [0.29, 0.717) is 0 Å². The van der Waals surface area contributed by atoms with E-state index in [4.69, 9.17) is 5.11 Å². The normalized spacial score (nSPS) is 11.9. The fraction of sp³-hybridized carbons (Fsp3) is 0.400. The van der Waals surface area contributed by atoms with Crippen LogP contribution in [-0.2, 0) is 5.92 Å². The lowest BCUT2D eigenvalue weighted by atomic mass is 10.0. The second-order valence-electron chi connectivity index (χ2n) is 3.29. The van der Waals surface area contributed by atoms with Gasteiger partial charge in [0.25, 0.3) is 5.92 Å². The van der Waals surface area contributed by atoms with Gasteiger partial charge in [-0.05, 0) is 37.1 Å². The second-order valence-corrected chi connectivity index (χ2v) is 4.08. The van der Waals surface area contributed by atoms with Crippen molar-refractivity contribution in [1.29, 1.82) is 0 Å². The summed E-state index contributed by atoms with van der Waals surface area (Å²) in [5.74, 6) is -3.16. The third-order valence-electron chi connectivity index (χ3n) is 2.06. The van der Waals surface area contributed by atoms with Crippen LogP contribution in [0.5, 0.6) is 0 Å². The number of alkyl halides is 2. The topological polar surface area (TPSA) is 20.2 Å². The molecule has 4 heteroatoms. The number of hydrogen-bond donors (Lipinski definition) is 1. The maximum Gasteiger partial charge on any atom is 0.295 e. The largest absolute Gasteiger partial charge is 0.390 e.